The maximum absolute atomic E-state index is 13.3. The molecule has 0 aliphatic carbocycles. The number of pyridine rings is 2. The quantitative estimate of drug-likeness (QED) is 0.700. The zero-order valence-electron chi connectivity index (χ0n) is 14.3. The van der Waals surface area contributed by atoms with Crippen molar-refractivity contribution in [3.63, 3.8) is 0 Å². The van der Waals surface area contributed by atoms with Gasteiger partial charge in [0.15, 0.2) is 0 Å². The van der Waals surface area contributed by atoms with Crippen LogP contribution in [0.25, 0.3) is 11.1 Å². The number of rotatable bonds is 5. The average Bonchev–Trinajstić information content (AvgIpc) is 2.66. The second-order valence-corrected chi connectivity index (χ2v) is 5.80. The smallest absolute Gasteiger partial charge is 0.431 e. The lowest BCUT2D eigenvalue weighted by molar-refractivity contribution is -0.140. The first-order valence-corrected chi connectivity index (χ1v) is 8.03. The number of amides is 1. The first-order chi connectivity index (χ1) is 13.3. The van der Waals surface area contributed by atoms with Gasteiger partial charge in [-0.05, 0) is 35.9 Å². The fourth-order valence-electron chi connectivity index (χ4n) is 2.54. The summed E-state index contributed by atoms with van der Waals surface area (Å²) in [4.78, 5) is 28.8. The third-order valence-corrected chi connectivity index (χ3v) is 3.87. The highest BCUT2D eigenvalue weighted by Gasteiger charge is 2.36. The van der Waals surface area contributed by atoms with E-state index in [1.807, 2.05) is 0 Å². The number of halogens is 3. The van der Waals surface area contributed by atoms with Crippen LogP contribution in [0.2, 0.25) is 0 Å². The van der Waals surface area contributed by atoms with Crippen molar-refractivity contribution in [1.82, 2.24) is 9.97 Å². The SMILES string of the molecule is NC(=O)c1cc(-c2ccc(OCc3ccccn3)cc2)c(C(F)(F)F)[nH]c1=O. The van der Waals surface area contributed by atoms with Crippen molar-refractivity contribution < 1.29 is 22.7 Å². The van der Waals surface area contributed by atoms with Gasteiger partial charge in [0, 0.05) is 11.8 Å². The molecule has 144 valence electrons. The normalized spacial score (nSPS) is 11.2. The van der Waals surface area contributed by atoms with E-state index in [2.05, 4.69) is 4.98 Å². The number of nitrogens with one attached hydrogen (secondary N) is 1. The summed E-state index contributed by atoms with van der Waals surface area (Å²) in [5.74, 6) is -0.700. The van der Waals surface area contributed by atoms with Crippen molar-refractivity contribution in [3.05, 3.63) is 82.0 Å². The number of ether oxygens (including phenoxy) is 1. The highest BCUT2D eigenvalue weighted by atomic mass is 19.4. The first kappa shape index (κ1) is 19.2. The van der Waals surface area contributed by atoms with Crippen LogP contribution in [-0.4, -0.2) is 15.9 Å². The molecule has 0 fully saturated rings. The van der Waals surface area contributed by atoms with E-state index in [-0.39, 0.29) is 17.7 Å². The van der Waals surface area contributed by atoms with Crippen LogP contribution in [0.3, 0.4) is 0 Å². The second-order valence-electron chi connectivity index (χ2n) is 5.80. The standard InChI is InChI=1S/C19H14F3N3O3/c20-19(21,22)16-14(9-15(17(23)26)18(27)25-16)11-4-6-13(7-5-11)28-10-12-3-1-2-8-24-12/h1-9H,10H2,(H2,23,26)(H,25,27). The van der Waals surface area contributed by atoms with E-state index < -0.39 is 28.9 Å². The predicted octanol–water partition coefficient (Wildman–Crippen LogP) is 3.13. The molecule has 0 unspecified atom stereocenters. The minimum atomic E-state index is -4.82. The van der Waals surface area contributed by atoms with Crippen LogP contribution < -0.4 is 16.0 Å². The summed E-state index contributed by atoms with van der Waals surface area (Å²) >= 11 is 0. The lowest BCUT2D eigenvalue weighted by Crippen LogP contribution is -2.27. The van der Waals surface area contributed by atoms with Gasteiger partial charge in [0.1, 0.15) is 23.6 Å². The van der Waals surface area contributed by atoms with Crippen LogP contribution in [0, 0.1) is 0 Å². The molecule has 0 saturated carbocycles. The van der Waals surface area contributed by atoms with Crippen LogP contribution in [-0.2, 0) is 12.8 Å². The number of H-pyrrole nitrogens is 1. The minimum absolute atomic E-state index is 0.135. The largest absolute Gasteiger partial charge is 0.487 e. The summed E-state index contributed by atoms with van der Waals surface area (Å²) in [6.07, 6.45) is -3.20. The molecular formula is C19H14F3N3O3. The summed E-state index contributed by atoms with van der Waals surface area (Å²) in [5.41, 5.74) is 2.53. The molecule has 0 saturated heterocycles. The topological polar surface area (TPSA) is 98.1 Å². The summed E-state index contributed by atoms with van der Waals surface area (Å²) in [5, 5.41) is 0. The van der Waals surface area contributed by atoms with Crippen LogP contribution in [0.5, 0.6) is 5.75 Å². The molecule has 3 rings (SSSR count). The Kier molecular flexibility index (Phi) is 5.16. The van der Waals surface area contributed by atoms with E-state index in [0.29, 0.717) is 11.4 Å². The molecule has 0 atom stereocenters. The number of aromatic amines is 1. The third kappa shape index (κ3) is 4.20. The number of carbonyl (C=O) groups excluding carboxylic acids is 1. The maximum atomic E-state index is 13.3. The van der Waals surface area contributed by atoms with Crippen molar-refractivity contribution in [2.75, 3.05) is 0 Å². The molecule has 2 heterocycles. The van der Waals surface area contributed by atoms with Gasteiger partial charge in [0.25, 0.3) is 11.5 Å². The Morgan fingerprint density at radius 3 is 2.43 bits per heavy atom. The molecule has 3 N–H and O–H groups in total. The number of nitrogens with zero attached hydrogens (tertiary/aromatic N) is 1. The molecular weight excluding hydrogens is 375 g/mol. The molecule has 1 aromatic carbocycles. The molecule has 0 bridgehead atoms. The van der Waals surface area contributed by atoms with Crippen LogP contribution in [0.15, 0.2) is 59.5 Å². The molecule has 1 amide bonds. The van der Waals surface area contributed by atoms with Crippen molar-refractivity contribution in [3.8, 4) is 16.9 Å². The van der Waals surface area contributed by atoms with Gasteiger partial charge in [-0.3, -0.25) is 14.6 Å². The Bertz CT molecular complexity index is 1050. The highest BCUT2D eigenvalue weighted by molar-refractivity contribution is 5.94. The van der Waals surface area contributed by atoms with Gasteiger partial charge in [-0.1, -0.05) is 18.2 Å². The van der Waals surface area contributed by atoms with Gasteiger partial charge < -0.3 is 15.5 Å². The average molecular weight is 389 g/mol. The van der Waals surface area contributed by atoms with Crippen molar-refractivity contribution >= 4 is 5.91 Å². The number of alkyl halides is 3. The summed E-state index contributed by atoms with van der Waals surface area (Å²) in [7, 11) is 0. The zero-order chi connectivity index (χ0) is 20.3. The van der Waals surface area contributed by atoms with Gasteiger partial charge in [-0.2, -0.15) is 13.2 Å². The van der Waals surface area contributed by atoms with Crippen molar-refractivity contribution in [1.29, 1.82) is 0 Å². The van der Waals surface area contributed by atoms with E-state index in [4.69, 9.17) is 10.5 Å². The van der Waals surface area contributed by atoms with Crippen LogP contribution in [0.4, 0.5) is 13.2 Å². The fourth-order valence-corrected chi connectivity index (χ4v) is 2.54. The minimum Gasteiger partial charge on any atom is -0.487 e. The highest BCUT2D eigenvalue weighted by Crippen LogP contribution is 2.35. The lowest BCUT2D eigenvalue weighted by atomic mass is 10.0. The summed E-state index contributed by atoms with van der Waals surface area (Å²) in [6, 6.07) is 11.9. The molecule has 28 heavy (non-hydrogen) atoms. The van der Waals surface area contributed by atoms with Gasteiger partial charge in [0.2, 0.25) is 0 Å². The third-order valence-electron chi connectivity index (χ3n) is 3.87. The van der Waals surface area contributed by atoms with Gasteiger partial charge in [-0.15, -0.1) is 0 Å². The number of nitrogens with two attached hydrogens (primary N) is 1. The number of carbonyl (C=O) groups is 1. The Hall–Kier alpha value is -3.62. The van der Waals surface area contributed by atoms with E-state index in [1.54, 1.807) is 29.4 Å². The van der Waals surface area contributed by atoms with Crippen LogP contribution >= 0.6 is 0 Å². The Morgan fingerprint density at radius 2 is 1.86 bits per heavy atom. The van der Waals surface area contributed by atoms with E-state index >= 15 is 0 Å². The lowest BCUT2D eigenvalue weighted by Gasteiger charge is -2.14. The Morgan fingerprint density at radius 1 is 1.14 bits per heavy atom. The van der Waals surface area contributed by atoms with E-state index in [0.717, 1.165) is 6.07 Å². The predicted molar refractivity (Wildman–Crippen MR) is 94.6 cm³/mol. The molecule has 2 aromatic heterocycles. The van der Waals surface area contributed by atoms with Crippen LogP contribution in [0.1, 0.15) is 21.7 Å². The Balaban J connectivity index is 1.93. The molecule has 6 nitrogen and oxygen atoms in total. The summed E-state index contributed by atoms with van der Waals surface area (Å²) in [6.45, 7) is 0.193. The molecule has 0 aliphatic heterocycles. The van der Waals surface area contributed by atoms with Gasteiger partial charge >= 0.3 is 6.18 Å². The molecule has 9 heteroatoms. The summed E-state index contributed by atoms with van der Waals surface area (Å²) < 4.78 is 45.5. The number of benzene rings is 1. The molecule has 0 radical (unpaired) electrons. The van der Waals surface area contributed by atoms with Crippen molar-refractivity contribution in [2.24, 2.45) is 5.73 Å². The maximum Gasteiger partial charge on any atom is 0.431 e. The zero-order valence-corrected chi connectivity index (χ0v) is 14.3. The van der Waals surface area contributed by atoms with Gasteiger partial charge in [0.05, 0.1) is 5.69 Å². The second kappa shape index (κ2) is 7.55. The molecule has 0 aliphatic rings. The molecule has 0 spiro atoms. The molecule has 3 aromatic rings. The number of hydrogen-bond acceptors (Lipinski definition) is 4. The monoisotopic (exact) mass is 389 g/mol. The Labute approximate surface area is 156 Å². The van der Waals surface area contributed by atoms with E-state index in [1.165, 1.54) is 24.3 Å². The van der Waals surface area contributed by atoms with Crippen molar-refractivity contribution in [2.45, 2.75) is 12.8 Å². The fraction of sp³-hybridized carbons (Fsp3) is 0.105. The number of hydrogen-bond donors (Lipinski definition) is 2. The number of aromatic nitrogens is 2. The van der Waals surface area contributed by atoms with Gasteiger partial charge in [-0.25, -0.2) is 0 Å². The first-order valence-electron chi connectivity index (χ1n) is 8.03. The van der Waals surface area contributed by atoms with E-state index in [9.17, 15) is 22.8 Å². The number of primary amides is 1.